The van der Waals surface area contributed by atoms with Crippen LogP contribution in [-0.2, 0) is 6.54 Å². The van der Waals surface area contributed by atoms with E-state index in [4.69, 9.17) is 0 Å². The molecule has 0 radical (unpaired) electrons. The van der Waals surface area contributed by atoms with Gasteiger partial charge in [0.05, 0.1) is 16.7 Å². The number of nitrogens with zero attached hydrogens (tertiary/aromatic N) is 3. The first-order valence-electron chi connectivity index (χ1n) is 7.55. The zero-order chi connectivity index (χ0) is 17.0. The van der Waals surface area contributed by atoms with E-state index in [-0.39, 0.29) is 17.6 Å². The van der Waals surface area contributed by atoms with Crippen molar-refractivity contribution in [3.05, 3.63) is 57.4 Å². The van der Waals surface area contributed by atoms with E-state index in [9.17, 15) is 14.9 Å². The molecule has 1 aromatic heterocycles. The van der Waals surface area contributed by atoms with E-state index < -0.39 is 4.92 Å². The van der Waals surface area contributed by atoms with Gasteiger partial charge in [0.1, 0.15) is 5.69 Å². The van der Waals surface area contributed by atoms with Crippen molar-refractivity contribution in [3.8, 4) is 0 Å². The summed E-state index contributed by atoms with van der Waals surface area (Å²) in [5.74, 6) is -0.231. The Labute approximate surface area is 134 Å². The third-order valence-electron chi connectivity index (χ3n) is 3.63. The van der Waals surface area contributed by atoms with Crippen molar-refractivity contribution in [1.29, 1.82) is 0 Å². The van der Waals surface area contributed by atoms with Crippen LogP contribution >= 0.6 is 0 Å². The molecule has 0 aliphatic carbocycles. The first kappa shape index (κ1) is 16.7. The zero-order valence-corrected chi connectivity index (χ0v) is 13.4. The lowest BCUT2D eigenvalue weighted by atomic mass is 10.0. The molecule has 2 rings (SSSR count). The van der Waals surface area contributed by atoms with Crippen molar-refractivity contribution in [2.24, 2.45) is 0 Å². The Bertz CT molecular complexity index is 724. The van der Waals surface area contributed by atoms with Gasteiger partial charge in [0.25, 0.3) is 11.6 Å². The average Bonchev–Trinajstić information content (AvgIpc) is 2.93. The minimum atomic E-state index is -0.437. The van der Waals surface area contributed by atoms with Crippen LogP contribution in [0.4, 0.5) is 5.69 Å². The molecule has 0 saturated carbocycles. The van der Waals surface area contributed by atoms with Gasteiger partial charge in [-0.3, -0.25) is 19.6 Å². The second kappa shape index (κ2) is 7.04. The first-order chi connectivity index (χ1) is 11.0. The number of carbonyl (C=O) groups is 1. The molecule has 1 amide bonds. The highest BCUT2D eigenvalue weighted by Crippen LogP contribution is 2.22. The van der Waals surface area contributed by atoms with E-state index in [0.29, 0.717) is 24.2 Å². The molecule has 1 aromatic carbocycles. The average molecular weight is 316 g/mol. The number of nitro groups is 1. The highest BCUT2D eigenvalue weighted by molar-refractivity contribution is 5.93. The lowest BCUT2D eigenvalue weighted by molar-refractivity contribution is -0.384. The summed E-state index contributed by atoms with van der Waals surface area (Å²) < 4.78 is 1.64. The molecule has 1 heterocycles. The van der Waals surface area contributed by atoms with Crippen LogP contribution in [0.5, 0.6) is 0 Å². The maximum absolute atomic E-state index is 12.5. The molecular weight excluding hydrogens is 296 g/mol. The molecule has 7 heteroatoms. The van der Waals surface area contributed by atoms with Crippen molar-refractivity contribution in [2.45, 2.75) is 39.8 Å². The number of nitrogens with one attached hydrogen (secondary N) is 1. The van der Waals surface area contributed by atoms with E-state index in [1.54, 1.807) is 22.9 Å². The molecule has 2 aromatic rings. The third-order valence-corrected chi connectivity index (χ3v) is 3.63. The summed E-state index contributed by atoms with van der Waals surface area (Å²) in [6, 6.07) is 7.79. The maximum Gasteiger partial charge on any atom is 0.270 e. The van der Waals surface area contributed by atoms with Crippen LogP contribution in [0.1, 0.15) is 48.1 Å². The van der Waals surface area contributed by atoms with E-state index in [0.717, 1.165) is 5.69 Å². The normalized spacial score (nSPS) is 12.0. The number of non-ortho nitro benzene ring substituents is 1. The van der Waals surface area contributed by atoms with Crippen LogP contribution in [0.2, 0.25) is 0 Å². The molecule has 0 fully saturated rings. The van der Waals surface area contributed by atoms with Gasteiger partial charge in [-0.25, -0.2) is 0 Å². The molecule has 0 bridgehead atoms. The Kier molecular flexibility index (Phi) is 5.10. The van der Waals surface area contributed by atoms with Gasteiger partial charge >= 0.3 is 0 Å². The van der Waals surface area contributed by atoms with Crippen LogP contribution in [0.25, 0.3) is 0 Å². The summed E-state index contributed by atoms with van der Waals surface area (Å²) in [7, 11) is 0. The number of nitro benzene ring substituents is 1. The molecule has 7 nitrogen and oxygen atoms in total. The van der Waals surface area contributed by atoms with Gasteiger partial charge in [0.15, 0.2) is 0 Å². The van der Waals surface area contributed by atoms with Crippen molar-refractivity contribution in [1.82, 2.24) is 15.1 Å². The van der Waals surface area contributed by atoms with Crippen LogP contribution in [0.15, 0.2) is 30.3 Å². The number of aromatic nitrogens is 2. The smallest absolute Gasteiger partial charge is 0.270 e. The van der Waals surface area contributed by atoms with E-state index in [1.807, 2.05) is 20.8 Å². The number of hydrogen-bond donors (Lipinski definition) is 1. The fourth-order valence-electron chi connectivity index (χ4n) is 2.48. The highest BCUT2D eigenvalue weighted by atomic mass is 16.6. The van der Waals surface area contributed by atoms with Gasteiger partial charge in [0, 0.05) is 18.7 Å². The molecule has 23 heavy (non-hydrogen) atoms. The standard InChI is InChI=1S/C16H20N4O3/c1-4-14(12-7-6-8-13(10-12)20(22)23)17-16(21)15-9-11(3)18-19(15)5-2/h6-10,14H,4-5H2,1-3H3,(H,17,21)/t14-/m0/s1. The number of rotatable bonds is 6. The van der Waals surface area contributed by atoms with Crippen LogP contribution < -0.4 is 5.32 Å². The topological polar surface area (TPSA) is 90.1 Å². The predicted molar refractivity (Wildman–Crippen MR) is 86.2 cm³/mol. The summed E-state index contributed by atoms with van der Waals surface area (Å²) in [4.78, 5) is 23.0. The second-order valence-corrected chi connectivity index (χ2v) is 5.27. The van der Waals surface area contributed by atoms with Crippen molar-refractivity contribution in [2.75, 3.05) is 0 Å². The third kappa shape index (κ3) is 3.74. The van der Waals surface area contributed by atoms with Gasteiger partial charge in [-0.05, 0) is 31.9 Å². The zero-order valence-electron chi connectivity index (χ0n) is 13.4. The van der Waals surface area contributed by atoms with E-state index in [2.05, 4.69) is 10.4 Å². The lowest BCUT2D eigenvalue weighted by Gasteiger charge is -2.17. The van der Waals surface area contributed by atoms with E-state index in [1.165, 1.54) is 12.1 Å². The Morgan fingerprint density at radius 2 is 2.13 bits per heavy atom. The van der Waals surface area contributed by atoms with Gasteiger partial charge < -0.3 is 5.32 Å². The molecule has 0 aliphatic rings. The van der Waals surface area contributed by atoms with Gasteiger partial charge in [-0.1, -0.05) is 19.1 Å². The molecule has 0 aliphatic heterocycles. The Morgan fingerprint density at radius 3 is 2.74 bits per heavy atom. The van der Waals surface area contributed by atoms with E-state index >= 15 is 0 Å². The Balaban J connectivity index is 2.23. The quantitative estimate of drug-likeness (QED) is 0.655. The molecule has 0 unspecified atom stereocenters. The second-order valence-electron chi connectivity index (χ2n) is 5.27. The SMILES string of the molecule is CC[C@H](NC(=O)c1cc(C)nn1CC)c1cccc([N+](=O)[O-])c1. The summed E-state index contributed by atoms with van der Waals surface area (Å²) in [6.45, 7) is 6.28. The van der Waals surface area contributed by atoms with Crippen molar-refractivity contribution in [3.63, 3.8) is 0 Å². The molecule has 1 atom stereocenters. The molecule has 1 N–H and O–H groups in total. The largest absolute Gasteiger partial charge is 0.344 e. The van der Waals surface area contributed by atoms with Gasteiger partial charge in [0.2, 0.25) is 0 Å². The Morgan fingerprint density at radius 1 is 1.39 bits per heavy atom. The van der Waals surface area contributed by atoms with Crippen molar-refractivity contribution < 1.29 is 9.72 Å². The predicted octanol–water partition coefficient (Wildman–Crippen LogP) is 3.00. The fraction of sp³-hybridized carbons (Fsp3) is 0.375. The summed E-state index contributed by atoms with van der Waals surface area (Å²) >= 11 is 0. The lowest BCUT2D eigenvalue weighted by Crippen LogP contribution is -2.30. The monoisotopic (exact) mass is 316 g/mol. The summed E-state index contributed by atoms with van der Waals surface area (Å²) in [5, 5.41) is 18.1. The summed E-state index contributed by atoms with van der Waals surface area (Å²) in [5.41, 5.74) is 2.01. The highest BCUT2D eigenvalue weighted by Gasteiger charge is 2.19. The minimum Gasteiger partial charge on any atom is -0.344 e. The fourth-order valence-corrected chi connectivity index (χ4v) is 2.48. The molecule has 122 valence electrons. The number of carbonyl (C=O) groups excluding carboxylic acids is 1. The minimum absolute atomic E-state index is 0.0182. The van der Waals surface area contributed by atoms with Gasteiger partial charge in [-0.2, -0.15) is 5.10 Å². The Hall–Kier alpha value is -2.70. The van der Waals surface area contributed by atoms with Gasteiger partial charge in [-0.15, -0.1) is 0 Å². The van der Waals surface area contributed by atoms with Crippen LogP contribution in [0, 0.1) is 17.0 Å². The van der Waals surface area contributed by atoms with Crippen LogP contribution in [0.3, 0.4) is 0 Å². The molecular formula is C16H20N4O3. The van der Waals surface area contributed by atoms with Crippen molar-refractivity contribution >= 4 is 11.6 Å². The number of amides is 1. The number of hydrogen-bond acceptors (Lipinski definition) is 4. The maximum atomic E-state index is 12.5. The molecule has 0 spiro atoms. The summed E-state index contributed by atoms with van der Waals surface area (Å²) in [6.07, 6.45) is 0.631. The number of benzene rings is 1. The molecule has 0 saturated heterocycles. The first-order valence-corrected chi connectivity index (χ1v) is 7.55. The number of aryl methyl sites for hydroxylation is 2. The van der Waals surface area contributed by atoms with Crippen LogP contribution in [-0.4, -0.2) is 20.6 Å².